The van der Waals surface area contributed by atoms with E-state index in [-0.39, 0.29) is 0 Å². The molecule has 0 bridgehead atoms. The van der Waals surface area contributed by atoms with E-state index in [1.54, 1.807) is 7.11 Å². The summed E-state index contributed by atoms with van der Waals surface area (Å²) in [6.07, 6.45) is 1.86. The molecule has 4 nitrogen and oxygen atoms in total. The van der Waals surface area contributed by atoms with Crippen molar-refractivity contribution in [3.05, 3.63) is 42.0 Å². The van der Waals surface area contributed by atoms with Gasteiger partial charge in [0, 0.05) is 38.3 Å². The summed E-state index contributed by atoms with van der Waals surface area (Å²) in [6.45, 7) is 9.94. The summed E-state index contributed by atoms with van der Waals surface area (Å²) in [7, 11) is 1.73. The second-order valence-electron chi connectivity index (χ2n) is 4.95. The van der Waals surface area contributed by atoms with Crippen LogP contribution < -0.4 is 10.1 Å². The molecule has 0 atom stereocenters. The fourth-order valence-corrected chi connectivity index (χ4v) is 2.36. The van der Waals surface area contributed by atoms with E-state index in [0.29, 0.717) is 0 Å². The number of hydrogen-bond acceptors (Lipinski definition) is 4. The van der Waals surface area contributed by atoms with Gasteiger partial charge in [-0.1, -0.05) is 18.2 Å². The number of ether oxygens (including phenoxy) is 2. The van der Waals surface area contributed by atoms with Crippen LogP contribution in [0, 0.1) is 0 Å². The van der Waals surface area contributed by atoms with Crippen LogP contribution in [0.25, 0.3) is 0 Å². The highest BCUT2D eigenvalue weighted by atomic mass is 16.5. The molecule has 20 heavy (non-hydrogen) atoms. The SMILES string of the molecule is C=CCNCc1ccc(CN2CCOCC2)cc1OC. The van der Waals surface area contributed by atoms with Gasteiger partial charge in [0.25, 0.3) is 0 Å². The first-order chi connectivity index (χ1) is 9.83. The zero-order valence-electron chi connectivity index (χ0n) is 12.2. The van der Waals surface area contributed by atoms with Gasteiger partial charge >= 0.3 is 0 Å². The fourth-order valence-electron chi connectivity index (χ4n) is 2.36. The molecule has 0 saturated carbocycles. The Kier molecular flexibility index (Phi) is 6.05. The highest BCUT2D eigenvalue weighted by Crippen LogP contribution is 2.21. The van der Waals surface area contributed by atoms with Crippen LogP contribution in [0.2, 0.25) is 0 Å². The van der Waals surface area contributed by atoms with Gasteiger partial charge in [-0.05, 0) is 11.6 Å². The quantitative estimate of drug-likeness (QED) is 0.608. The van der Waals surface area contributed by atoms with E-state index in [4.69, 9.17) is 9.47 Å². The van der Waals surface area contributed by atoms with Gasteiger partial charge in [-0.3, -0.25) is 4.90 Å². The van der Waals surface area contributed by atoms with Crippen molar-refractivity contribution in [1.29, 1.82) is 0 Å². The van der Waals surface area contributed by atoms with E-state index in [0.717, 1.165) is 51.7 Å². The van der Waals surface area contributed by atoms with Crippen LogP contribution in [-0.2, 0) is 17.8 Å². The summed E-state index contributed by atoms with van der Waals surface area (Å²) >= 11 is 0. The molecule has 1 aliphatic heterocycles. The van der Waals surface area contributed by atoms with E-state index >= 15 is 0 Å². The zero-order valence-corrected chi connectivity index (χ0v) is 12.2. The molecule has 0 radical (unpaired) electrons. The Morgan fingerprint density at radius 2 is 2.20 bits per heavy atom. The van der Waals surface area contributed by atoms with Crippen LogP contribution in [0.3, 0.4) is 0 Å². The Morgan fingerprint density at radius 1 is 1.40 bits per heavy atom. The van der Waals surface area contributed by atoms with Crippen molar-refractivity contribution in [1.82, 2.24) is 10.2 Å². The van der Waals surface area contributed by atoms with Crippen LogP contribution in [0.5, 0.6) is 5.75 Å². The van der Waals surface area contributed by atoms with Gasteiger partial charge in [-0.2, -0.15) is 0 Å². The Balaban J connectivity index is 1.98. The van der Waals surface area contributed by atoms with E-state index in [2.05, 4.69) is 35.0 Å². The number of rotatable bonds is 7. The molecule has 0 unspecified atom stereocenters. The molecule has 110 valence electrons. The van der Waals surface area contributed by atoms with Crippen molar-refractivity contribution in [2.75, 3.05) is 40.0 Å². The summed E-state index contributed by atoms with van der Waals surface area (Å²) in [4.78, 5) is 2.41. The van der Waals surface area contributed by atoms with Crippen molar-refractivity contribution in [3.8, 4) is 5.75 Å². The summed E-state index contributed by atoms with van der Waals surface area (Å²) in [5.41, 5.74) is 2.47. The topological polar surface area (TPSA) is 33.7 Å². The molecule has 4 heteroatoms. The van der Waals surface area contributed by atoms with E-state index in [1.165, 1.54) is 11.1 Å². The Morgan fingerprint density at radius 3 is 2.90 bits per heavy atom. The lowest BCUT2D eigenvalue weighted by atomic mass is 10.1. The van der Waals surface area contributed by atoms with Gasteiger partial charge in [0.05, 0.1) is 20.3 Å². The maximum atomic E-state index is 5.50. The lowest BCUT2D eigenvalue weighted by molar-refractivity contribution is 0.0341. The van der Waals surface area contributed by atoms with Gasteiger partial charge in [0.2, 0.25) is 0 Å². The fraction of sp³-hybridized carbons (Fsp3) is 0.500. The van der Waals surface area contributed by atoms with Crippen molar-refractivity contribution in [3.63, 3.8) is 0 Å². The molecular weight excluding hydrogens is 252 g/mol. The first kappa shape index (κ1) is 15.0. The smallest absolute Gasteiger partial charge is 0.123 e. The molecule has 0 aliphatic carbocycles. The number of nitrogens with zero attached hydrogens (tertiary/aromatic N) is 1. The van der Waals surface area contributed by atoms with Crippen molar-refractivity contribution in [2.24, 2.45) is 0 Å². The minimum atomic E-state index is 0.799. The van der Waals surface area contributed by atoms with Crippen LogP contribution in [-0.4, -0.2) is 44.9 Å². The zero-order chi connectivity index (χ0) is 14.2. The average molecular weight is 276 g/mol. The van der Waals surface area contributed by atoms with Gasteiger partial charge in [-0.15, -0.1) is 6.58 Å². The number of nitrogens with one attached hydrogen (secondary N) is 1. The maximum Gasteiger partial charge on any atom is 0.123 e. The molecule has 1 saturated heterocycles. The van der Waals surface area contributed by atoms with Crippen molar-refractivity contribution < 1.29 is 9.47 Å². The van der Waals surface area contributed by atoms with Crippen LogP contribution in [0.4, 0.5) is 0 Å². The molecular formula is C16H24N2O2. The lowest BCUT2D eigenvalue weighted by Crippen LogP contribution is -2.35. The first-order valence-electron chi connectivity index (χ1n) is 7.11. The summed E-state index contributed by atoms with van der Waals surface area (Å²) in [5.74, 6) is 0.951. The van der Waals surface area contributed by atoms with Crippen LogP contribution in [0.1, 0.15) is 11.1 Å². The molecule has 0 amide bonds. The average Bonchev–Trinajstić information content (AvgIpc) is 2.50. The monoisotopic (exact) mass is 276 g/mol. The maximum absolute atomic E-state index is 5.50. The van der Waals surface area contributed by atoms with Gasteiger partial charge in [0.15, 0.2) is 0 Å². The molecule has 1 heterocycles. The summed E-state index contributed by atoms with van der Waals surface area (Å²) < 4.78 is 10.9. The van der Waals surface area contributed by atoms with E-state index < -0.39 is 0 Å². The molecule has 1 N–H and O–H groups in total. The normalized spacial score (nSPS) is 16.1. The third kappa shape index (κ3) is 4.34. The molecule has 0 aromatic heterocycles. The highest BCUT2D eigenvalue weighted by Gasteiger charge is 2.12. The minimum Gasteiger partial charge on any atom is -0.496 e. The summed E-state index contributed by atoms with van der Waals surface area (Å²) in [6, 6.07) is 6.47. The third-order valence-corrected chi connectivity index (χ3v) is 3.47. The number of benzene rings is 1. The predicted octanol–water partition coefficient (Wildman–Crippen LogP) is 1.80. The molecule has 2 rings (SSSR count). The largest absolute Gasteiger partial charge is 0.496 e. The Hall–Kier alpha value is -1.36. The van der Waals surface area contributed by atoms with Crippen molar-refractivity contribution >= 4 is 0 Å². The van der Waals surface area contributed by atoms with Crippen molar-refractivity contribution in [2.45, 2.75) is 13.1 Å². The first-order valence-corrected chi connectivity index (χ1v) is 7.11. The van der Waals surface area contributed by atoms with Gasteiger partial charge in [-0.25, -0.2) is 0 Å². The lowest BCUT2D eigenvalue weighted by Gasteiger charge is -2.26. The molecule has 1 aromatic carbocycles. The molecule has 1 fully saturated rings. The van der Waals surface area contributed by atoms with Crippen LogP contribution >= 0.6 is 0 Å². The molecule has 1 aromatic rings. The number of methoxy groups -OCH3 is 1. The third-order valence-electron chi connectivity index (χ3n) is 3.47. The highest BCUT2D eigenvalue weighted by molar-refractivity contribution is 5.37. The van der Waals surface area contributed by atoms with Crippen LogP contribution in [0.15, 0.2) is 30.9 Å². The standard InChI is InChI=1S/C16H24N2O2/c1-3-6-17-12-15-5-4-14(11-16(15)19-2)13-18-7-9-20-10-8-18/h3-5,11,17H,1,6-10,12-13H2,2H3. The summed E-state index contributed by atoms with van der Waals surface area (Å²) in [5, 5.41) is 3.30. The second kappa shape index (κ2) is 8.04. The van der Waals surface area contributed by atoms with E-state index in [9.17, 15) is 0 Å². The number of hydrogen-bond donors (Lipinski definition) is 1. The van der Waals surface area contributed by atoms with E-state index in [1.807, 2.05) is 6.08 Å². The minimum absolute atomic E-state index is 0.799. The Bertz CT molecular complexity index is 428. The molecule has 0 spiro atoms. The van der Waals surface area contributed by atoms with Gasteiger partial charge in [0.1, 0.15) is 5.75 Å². The van der Waals surface area contributed by atoms with Gasteiger partial charge < -0.3 is 14.8 Å². The number of morpholine rings is 1. The Labute approximate surface area is 121 Å². The molecule has 1 aliphatic rings. The second-order valence-corrected chi connectivity index (χ2v) is 4.95. The predicted molar refractivity (Wildman–Crippen MR) is 81.0 cm³/mol.